The zero-order chi connectivity index (χ0) is 22.9. The molecule has 6 rings (SSSR count). The summed E-state index contributed by atoms with van der Waals surface area (Å²) >= 11 is 0. The second-order valence-corrected chi connectivity index (χ2v) is 8.98. The van der Waals surface area contributed by atoms with Crippen molar-refractivity contribution in [3.63, 3.8) is 0 Å². The number of nitrogens with two attached hydrogens (primary N) is 1. The second-order valence-electron chi connectivity index (χ2n) is 8.98. The average Bonchev–Trinajstić information content (AvgIpc) is 3.49. The molecule has 1 aliphatic carbocycles. The molecule has 33 heavy (non-hydrogen) atoms. The van der Waals surface area contributed by atoms with Crippen LogP contribution in [0.5, 0.6) is 11.8 Å². The lowest BCUT2D eigenvalue weighted by atomic mass is 10.0. The number of anilines is 2. The molecule has 4 N–H and O–H groups in total. The lowest BCUT2D eigenvalue weighted by molar-refractivity contribution is 0.435. The smallest absolute Gasteiger partial charge is 0.326 e. The molecule has 1 aromatic carbocycles. The highest BCUT2D eigenvalue weighted by Crippen LogP contribution is 2.45. The number of halogens is 1. The van der Waals surface area contributed by atoms with Gasteiger partial charge in [0, 0.05) is 31.1 Å². The lowest BCUT2D eigenvalue weighted by Crippen LogP contribution is -2.41. The minimum atomic E-state index is -0.277. The van der Waals surface area contributed by atoms with Crippen molar-refractivity contribution < 1.29 is 9.13 Å². The highest BCUT2D eigenvalue weighted by Gasteiger charge is 2.44. The van der Waals surface area contributed by atoms with Crippen LogP contribution in [0, 0.1) is 25.6 Å². The SMILES string of the molecule is CNc1cc(F)c(C)c2c1[nH]c1nc(Oc3cnc(C)nc3)nc(N3CC4C[C@@H]3C[C@H]4N)c12. The van der Waals surface area contributed by atoms with Crippen molar-refractivity contribution in [3.8, 4) is 11.8 Å². The number of rotatable bonds is 4. The third-order valence-corrected chi connectivity index (χ3v) is 6.99. The van der Waals surface area contributed by atoms with Crippen molar-refractivity contribution in [1.29, 1.82) is 0 Å². The molecule has 2 aliphatic rings. The monoisotopic (exact) mass is 448 g/mol. The first kappa shape index (κ1) is 20.1. The number of nitrogens with one attached hydrogen (secondary N) is 2. The van der Waals surface area contributed by atoms with Crippen molar-refractivity contribution in [2.24, 2.45) is 11.7 Å². The molecule has 4 heterocycles. The highest BCUT2D eigenvalue weighted by molar-refractivity contribution is 6.16. The molecule has 170 valence electrons. The molecule has 3 atom stereocenters. The topological polar surface area (TPSA) is 118 Å². The van der Waals surface area contributed by atoms with Crippen LogP contribution >= 0.6 is 0 Å². The van der Waals surface area contributed by atoms with Gasteiger partial charge in [-0.1, -0.05) is 0 Å². The third-order valence-electron chi connectivity index (χ3n) is 6.99. The number of aryl methyl sites for hydroxylation is 2. The van der Waals surface area contributed by atoms with Crippen LogP contribution in [0.3, 0.4) is 0 Å². The van der Waals surface area contributed by atoms with E-state index in [-0.39, 0.29) is 17.9 Å². The van der Waals surface area contributed by atoms with E-state index in [4.69, 9.17) is 15.5 Å². The van der Waals surface area contributed by atoms with Crippen LogP contribution in [-0.2, 0) is 0 Å². The highest BCUT2D eigenvalue weighted by atomic mass is 19.1. The number of nitrogens with zero attached hydrogens (tertiary/aromatic N) is 5. The van der Waals surface area contributed by atoms with Crippen LogP contribution in [0.15, 0.2) is 18.5 Å². The number of hydrogen-bond donors (Lipinski definition) is 3. The Kier molecular flexibility index (Phi) is 4.41. The van der Waals surface area contributed by atoms with Gasteiger partial charge in [0.05, 0.1) is 29.0 Å². The van der Waals surface area contributed by atoms with E-state index in [0.29, 0.717) is 40.4 Å². The zero-order valence-corrected chi connectivity index (χ0v) is 18.7. The van der Waals surface area contributed by atoms with E-state index in [9.17, 15) is 4.39 Å². The van der Waals surface area contributed by atoms with Crippen LogP contribution in [0.2, 0.25) is 0 Å². The maximum atomic E-state index is 14.8. The van der Waals surface area contributed by atoms with Gasteiger partial charge < -0.3 is 25.7 Å². The van der Waals surface area contributed by atoms with Gasteiger partial charge in [0.15, 0.2) is 5.75 Å². The second kappa shape index (κ2) is 7.24. The number of benzene rings is 1. The number of piperidine rings is 1. The third kappa shape index (κ3) is 3.08. The molecule has 3 aromatic heterocycles. The Morgan fingerprint density at radius 2 is 1.97 bits per heavy atom. The summed E-state index contributed by atoms with van der Waals surface area (Å²) in [6.07, 6.45) is 5.13. The van der Waals surface area contributed by atoms with E-state index < -0.39 is 0 Å². The molecule has 0 amide bonds. The van der Waals surface area contributed by atoms with Gasteiger partial charge in [-0.15, -0.1) is 0 Å². The molecule has 1 saturated carbocycles. The Bertz CT molecular complexity index is 1380. The number of fused-ring (bicyclic) bond motifs is 5. The summed E-state index contributed by atoms with van der Waals surface area (Å²) in [5, 5.41) is 4.66. The van der Waals surface area contributed by atoms with Gasteiger partial charge in [-0.2, -0.15) is 9.97 Å². The van der Waals surface area contributed by atoms with E-state index in [1.54, 1.807) is 26.4 Å². The van der Waals surface area contributed by atoms with Crippen LogP contribution in [0.25, 0.3) is 21.9 Å². The van der Waals surface area contributed by atoms with Gasteiger partial charge in [-0.3, -0.25) is 0 Å². The van der Waals surface area contributed by atoms with Crippen LogP contribution in [-0.4, -0.2) is 50.6 Å². The first-order chi connectivity index (χ1) is 15.9. The summed E-state index contributed by atoms with van der Waals surface area (Å²) < 4.78 is 20.8. The predicted molar refractivity (Wildman–Crippen MR) is 124 cm³/mol. The summed E-state index contributed by atoms with van der Waals surface area (Å²) in [7, 11) is 1.77. The molecule has 1 saturated heterocycles. The molecule has 10 heteroatoms. The minimum Gasteiger partial charge on any atom is -0.421 e. The average molecular weight is 449 g/mol. The predicted octanol–water partition coefficient (Wildman–Crippen LogP) is 3.42. The number of aromatic amines is 1. The molecule has 1 aliphatic heterocycles. The largest absolute Gasteiger partial charge is 0.421 e. The van der Waals surface area contributed by atoms with Gasteiger partial charge in [0.25, 0.3) is 0 Å². The van der Waals surface area contributed by atoms with Crippen molar-refractivity contribution in [2.45, 2.75) is 38.8 Å². The van der Waals surface area contributed by atoms with Gasteiger partial charge in [0.1, 0.15) is 23.1 Å². The maximum absolute atomic E-state index is 14.8. The lowest BCUT2D eigenvalue weighted by Gasteiger charge is -2.31. The van der Waals surface area contributed by atoms with Gasteiger partial charge >= 0.3 is 6.01 Å². The van der Waals surface area contributed by atoms with Crippen molar-refractivity contribution in [3.05, 3.63) is 35.7 Å². The Morgan fingerprint density at radius 1 is 1.18 bits per heavy atom. The summed E-state index contributed by atoms with van der Waals surface area (Å²) in [5.41, 5.74) is 8.91. The molecule has 1 unspecified atom stereocenters. The number of H-pyrrole nitrogens is 1. The standard InChI is InChI=1S/C23H25FN8O/c1-10-15(24)6-17(26-3)20-18(10)19-21(29-20)30-23(33-14-7-27-11(2)28-8-14)31-22(19)32-9-12-4-13(32)5-16(12)25/h6-8,12-13,16,26H,4-5,9,25H2,1-3H3,(H,29,30,31)/t12?,13-,16-/m1/s1. The zero-order valence-electron chi connectivity index (χ0n) is 18.7. The van der Waals surface area contributed by atoms with E-state index in [0.717, 1.165) is 41.5 Å². The summed E-state index contributed by atoms with van der Waals surface area (Å²) in [6, 6.07) is 2.19. The van der Waals surface area contributed by atoms with Gasteiger partial charge in [-0.05, 0) is 44.2 Å². The van der Waals surface area contributed by atoms with E-state index >= 15 is 0 Å². The molecule has 4 aromatic rings. The van der Waals surface area contributed by atoms with Gasteiger partial charge in [0.2, 0.25) is 0 Å². The maximum Gasteiger partial charge on any atom is 0.326 e. The molecule has 2 bridgehead atoms. The van der Waals surface area contributed by atoms with Crippen molar-refractivity contribution >= 4 is 33.4 Å². The molecular formula is C23H25FN8O. The molecule has 9 nitrogen and oxygen atoms in total. The van der Waals surface area contributed by atoms with Crippen LogP contribution < -0.4 is 20.7 Å². The van der Waals surface area contributed by atoms with Crippen molar-refractivity contribution in [2.75, 3.05) is 23.8 Å². The first-order valence-corrected chi connectivity index (χ1v) is 11.1. The number of aromatic nitrogens is 5. The molecule has 0 spiro atoms. The van der Waals surface area contributed by atoms with E-state index in [1.807, 2.05) is 6.92 Å². The summed E-state index contributed by atoms with van der Waals surface area (Å²) in [4.78, 5) is 23.5. The fourth-order valence-corrected chi connectivity index (χ4v) is 5.30. The van der Waals surface area contributed by atoms with Crippen LogP contribution in [0.1, 0.15) is 24.2 Å². The molecular weight excluding hydrogens is 423 g/mol. The Morgan fingerprint density at radius 3 is 2.64 bits per heavy atom. The Labute approximate surface area is 189 Å². The van der Waals surface area contributed by atoms with Gasteiger partial charge in [-0.25, -0.2) is 14.4 Å². The quantitative estimate of drug-likeness (QED) is 0.435. The Balaban J connectivity index is 1.58. The normalized spacial score (nSPS) is 22.0. The molecule has 0 radical (unpaired) electrons. The van der Waals surface area contributed by atoms with Crippen molar-refractivity contribution in [1.82, 2.24) is 24.9 Å². The Hall–Kier alpha value is -3.53. The first-order valence-electron chi connectivity index (χ1n) is 11.1. The molecule has 2 fully saturated rings. The fourth-order valence-electron chi connectivity index (χ4n) is 5.30. The summed E-state index contributed by atoms with van der Waals surface area (Å²) in [5.74, 6) is 1.98. The van der Waals surface area contributed by atoms with Crippen LogP contribution in [0.4, 0.5) is 15.9 Å². The summed E-state index contributed by atoms with van der Waals surface area (Å²) in [6.45, 7) is 4.40. The van der Waals surface area contributed by atoms with E-state index in [2.05, 4.69) is 30.2 Å². The van der Waals surface area contributed by atoms with E-state index in [1.165, 1.54) is 6.07 Å². The number of hydrogen-bond acceptors (Lipinski definition) is 8. The number of ether oxygens (including phenoxy) is 1. The fraction of sp³-hybridized carbons (Fsp3) is 0.391. The minimum absolute atomic E-state index is 0.188.